The number of H-pyrrole nitrogens is 1. The lowest BCUT2D eigenvalue weighted by Gasteiger charge is -2.26. The van der Waals surface area contributed by atoms with Crippen LogP contribution in [0.5, 0.6) is 0 Å². The fraction of sp³-hybridized carbons (Fsp3) is 0.667. The van der Waals surface area contributed by atoms with Crippen molar-refractivity contribution < 1.29 is 19.5 Å². The Labute approximate surface area is 159 Å². The molecule has 2 unspecified atom stereocenters. The van der Waals surface area contributed by atoms with E-state index in [0.717, 1.165) is 0 Å². The highest BCUT2D eigenvalue weighted by atomic mass is 16.3. The summed E-state index contributed by atoms with van der Waals surface area (Å²) in [4.78, 5) is 43.1. The van der Waals surface area contributed by atoms with E-state index in [2.05, 4.69) is 20.6 Å². The highest BCUT2D eigenvalue weighted by molar-refractivity contribution is 5.97. The monoisotopic (exact) mass is 381 g/mol. The topological polar surface area (TPSA) is 150 Å². The molecule has 0 radical (unpaired) electrons. The van der Waals surface area contributed by atoms with Crippen molar-refractivity contribution in [2.24, 2.45) is 17.6 Å². The summed E-state index contributed by atoms with van der Waals surface area (Å²) in [5.41, 5.74) is 6.61. The third-order valence-corrected chi connectivity index (χ3v) is 3.89. The van der Waals surface area contributed by atoms with E-state index in [1.807, 2.05) is 27.7 Å². The molecule has 152 valence electrons. The molecule has 0 spiro atoms. The van der Waals surface area contributed by atoms with Gasteiger partial charge in [0.1, 0.15) is 0 Å². The molecule has 1 aromatic heterocycles. The number of aromatic amines is 1. The predicted molar refractivity (Wildman–Crippen MR) is 100 cm³/mol. The van der Waals surface area contributed by atoms with Crippen LogP contribution in [0.1, 0.15) is 46.2 Å². The first-order chi connectivity index (χ1) is 12.6. The van der Waals surface area contributed by atoms with Crippen LogP contribution in [0.3, 0.4) is 0 Å². The van der Waals surface area contributed by atoms with E-state index in [1.165, 1.54) is 6.33 Å². The van der Waals surface area contributed by atoms with E-state index in [1.54, 1.807) is 6.20 Å². The van der Waals surface area contributed by atoms with Gasteiger partial charge < -0.3 is 21.1 Å². The number of aliphatic hydroxyl groups is 1. The van der Waals surface area contributed by atoms with Crippen molar-refractivity contribution in [1.29, 1.82) is 0 Å². The normalized spacial score (nSPS) is 14.7. The zero-order valence-electron chi connectivity index (χ0n) is 16.4. The van der Waals surface area contributed by atoms with Gasteiger partial charge in [0.2, 0.25) is 11.8 Å². The minimum atomic E-state index is -1.55. The van der Waals surface area contributed by atoms with Crippen LogP contribution in [-0.4, -0.2) is 51.0 Å². The average Bonchev–Trinajstić information content (AvgIpc) is 3.04. The van der Waals surface area contributed by atoms with Gasteiger partial charge in [0, 0.05) is 24.7 Å². The van der Waals surface area contributed by atoms with Crippen LogP contribution < -0.4 is 16.4 Å². The summed E-state index contributed by atoms with van der Waals surface area (Å²) < 4.78 is 0. The van der Waals surface area contributed by atoms with E-state index in [9.17, 15) is 19.5 Å². The average molecular weight is 381 g/mol. The lowest BCUT2D eigenvalue weighted by atomic mass is 9.97. The minimum absolute atomic E-state index is 0.0848. The standard InChI is InChI=1S/C18H31N5O4/c1-10(2)5-14(16(25)18(27)23-15(24)6-11(3)4)22-17(26)13(19)7-12-8-20-9-21-12/h8-11,13-14,16,25H,5-7,19H2,1-4H3,(H,20,21)(H,22,26)(H,23,24,27)/t13-,14?,16?/m0/s1. The van der Waals surface area contributed by atoms with E-state index in [0.29, 0.717) is 12.1 Å². The molecule has 0 saturated heterocycles. The van der Waals surface area contributed by atoms with Gasteiger partial charge in [-0.2, -0.15) is 0 Å². The summed E-state index contributed by atoms with van der Waals surface area (Å²) >= 11 is 0. The molecule has 27 heavy (non-hydrogen) atoms. The Hall–Kier alpha value is -2.26. The molecule has 0 aliphatic carbocycles. The molecule has 0 aromatic carbocycles. The van der Waals surface area contributed by atoms with Gasteiger partial charge in [-0.25, -0.2) is 4.98 Å². The molecular weight excluding hydrogens is 350 g/mol. The number of amides is 3. The second kappa shape index (κ2) is 10.8. The second-order valence-corrected chi connectivity index (χ2v) is 7.59. The number of nitrogens with two attached hydrogens (primary N) is 1. The number of aliphatic hydroxyl groups excluding tert-OH is 1. The van der Waals surface area contributed by atoms with Crippen LogP contribution in [0, 0.1) is 11.8 Å². The van der Waals surface area contributed by atoms with Crippen molar-refractivity contribution in [3.63, 3.8) is 0 Å². The molecule has 0 aliphatic heterocycles. The van der Waals surface area contributed by atoms with Crippen molar-refractivity contribution in [3.8, 4) is 0 Å². The van der Waals surface area contributed by atoms with Gasteiger partial charge in [-0.05, 0) is 18.3 Å². The molecule has 1 aromatic rings. The van der Waals surface area contributed by atoms with Gasteiger partial charge >= 0.3 is 0 Å². The van der Waals surface area contributed by atoms with Gasteiger partial charge in [0.15, 0.2) is 6.10 Å². The fourth-order valence-corrected chi connectivity index (χ4v) is 2.61. The fourth-order valence-electron chi connectivity index (χ4n) is 2.61. The van der Waals surface area contributed by atoms with Crippen molar-refractivity contribution in [2.45, 2.75) is 65.1 Å². The van der Waals surface area contributed by atoms with Crippen molar-refractivity contribution >= 4 is 17.7 Å². The quantitative estimate of drug-likeness (QED) is 0.381. The first-order valence-corrected chi connectivity index (χ1v) is 9.15. The molecule has 0 bridgehead atoms. The number of carbonyl (C=O) groups is 3. The molecule has 0 fully saturated rings. The molecular formula is C18H31N5O4. The highest BCUT2D eigenvalue weighted by Gasteiger charge is 2.30. The van der Waals surface area contributed by atoms with Crippen LogP contribution in [0.4, 0.5) is 0 Å². The summed E-state index contributed by atoms with van der Waals surface area (Å²) in [6.07, 6.45) is 2.29. The van der Waals surface area contributed by atoms with Crippen LogP contribution in [-0.2, 0) is 20.8 Å². The zero-order chi connectivity index (χ0) is 20.6. The van der Waals surface area contributed by atoms with E-state index >= 15 is 0 Å². The van der Waals surface area contributed by atoms with E-state index < -0.39 is 35.9 Å². The summed E-state index contributed by atoms with van der Waals surface area (Å²) in [6.45, 7) is 7.50. The molecule has 1 rings (SSSR count). The van der Waals surface area contributed by atoms with Gasteiger partial charge in [-0.15, -0.1) is 0 Å². The number of imidazole rings is 1. The first kappa shape index (κ1) is 22.8. The molecule has 0 saturated carbocycles. The smallest absolute Gasteiger partial charge is 0.257 e. The molecule has 9 heteroatoms. The summed E-state index contributed by atoms with van der Waals surface area (Å²) in [5, 5.41) is 15.2. The van der Waals surface area contributed by atoms with Crippen molar-refractivity contribution in [2.75, 3.05) is 0 Å². The number of nitrogens with zero attached hydrogens (tertiary/aromatic N) is 1. The van der Waals surface area contributed by atoms with E-state index in [-0.39, 0.29) is 24.7 Å². The molecule has 6 N–H and O–H groups in total. The SMILES string of the molecule is CC(C)CC(=O)NC(=O)C(O)C(CC(C)C)NC(=O)[C@@H](N)Cc1cnc[nH]1. The Morgan fingerprint density at radius 3 is 2.37 bits per heavy atom. The second-order valence-electron chi connectivity index (χ2n) is 7.59. The Balaban J connectivity index is 2.71. The van der Waals surface area contributed by atoms with Crippen LogP contribution >= 0.6 is 0 Å². The van der Waals surface area contributed by atoms with E-state index in [4.69, 9.17) is 5.73 Å². The maximum Gasteiger partial charge on any atom is 0.257 e. The van der Waals surface area contributed by atoms with Gasteiger partial charge in [-0.1, -0.05) is 27.7 Å². The third-order valence-electron chi connectivity index (χ3n) is 3.89. The lowest BCUT2D eigenvalue weighted by molar-refractivity contribution is -0.137. The van der Waals surface area contributed by atoms with Gasteiger partial charge in [0.25, 0.3) is 5.91 Å². The Kier molecular flexibility index (Phi) is 9.10. The summed E-state index contributed by atoms with van der Waals surface area (Å²) in [7, 11) is 0. The predicted octanol–water partition coefficient (Wildman–Crippen LogP) is -0.140. The molecule has 3 amide bonds. The van der Waals surface area contributed by atoms with Crippen molar-refractivity contribution in [1.82, 2.24) is 20.6 Å². The number of nitrogens with one attached hydrogen (secondary N) is 3. The molecule has 3 atom stereocenters. The van der Waals surface area contributed by atoms with Gasteiger partial charge in [0.05, 0.1) is 18.4 Å². The largest absolute Gasteiger partial charge is 0.381 e. The number of hydrogen-bond acceptors (Lipinski definition) is 6. The molecule has 0 aliphatic rings. The van der Waals surface area contributed by atoms with Crippen LogP contribution in [0.15, 0.2) is 12.5 Å². The van der Waals surface area contributed by atoms with Crippen molar-refractivity contribution in [3.05, 3.63) is 18.2 Å². The highest BCUT2D eigenvalue weighted by Crippen LogP contribution is 2.10. The summed E-state index contributed by atoms with van der Waals surface area (Å²) in [6, 6.07) is -1.71. The third kappa shape index (κ3) is 8.31. The van der Waals surface area contributed by atoms with Gasteiger partial charge in [-0.3, -0.25) is 19.7 Å². The number of carbonyl (C=O) groups excluding carboxylic acids is 3. The lowest BCUT2D eigenvalue weighted by Crippen LogP contribution is -2.55. The number of hydrogen-bond donors (Lipinski definition) is 5. The van der Waals surface area contributed by atoms with Crippen LogP contribution in [0.2, 0.25) is 0 Å². The minimum Gasteiger partial charge on any atom is -0.381 e. The number of aromatic nitrogens is 2. The number of rotatable bonds is 10. The zero-order valence-corrected chi connectivity index (χ0v) is 16.4. The Morgan fingerprint density at radius 2 is 1.85 bits per heavy atom. The maximum atomic E-state index is 12.4. The Morgan fingerprint density at radius 1 is 1.19 bits per heavy atom. The maximum absolute atomic E-state index is 12.4. The molecule has 1 heterocycles. The molecule has 9 nitrogen and oxygen atoms in total. The first-order valence-electron chi connectivity index (χ1n) is 9.15. The number of imide groups is 1. The summed E-state index contributed by atoms with van der Waals surface area (Å²) in [5.74, 6) is -1.58. The Bertz CT molecular complexity index is 615. The van der Waals surface area contributed by atoms with Crippen LogP contribution in [0.25, 0.3) is 0 Å².